The molecule has 2 aliphatic rings. The highest BCUT2D eigenvalue weighted by molar-refractivity contribution is 6.29. The number of pyridine rings is 1. The molecule has 0 bridgehead atoms. The van der Waals surface area contributed by atoms with Gasteiger partial charge in [-0.05, 0) is 38.3 Å². The zero-order chi connectivity index (χ0) is 23.0. The van der Waals surface area contributed by atoms with Gasteiger partial charge in [0.1, 0.15) is 11.2 Å². The van der Waals surface area contributed by atoms with Gasteiger partial charge in [-0.1, -0.05) is 17.7 Å². The summed E-state index contributed by atoms with van der Waals surface area (Å²) in [7, 11) is 1.72. The lowest BCUT2D eigenvalue weighted by atomic mass is 10.2. The van der Waals surface area contributed by atoms with Crippen LogP contribution in [-0.4, -0.2) is 81.7 Å². The van der Waals surface area contributed by atoms with Crippen LogP contribution in [0.4, 0.5) is 0 Å². The Morgan fingerprint density at radius 3 is 2.55 bits per heavy atom. The minimum absolute atomic E-state index is 0.0179. The summed E-state index contributed by atoms with van der Waals surface area (Å²) in [6, 6.07) is 2.69. The molecular weight excluding hydrogens is 426 g/mol. The highest BCUT2D eigenvalue weighted by Crippen LogP contribution is 2.24. The van der Waals surface area contributed by atoms with E-state index in [2.05, 4.69) is 4.98 Å². The molecule has 1 aromatic rings. The molecule has 0 aromatic carbocycles. The summed E-state index contributed by atoms with van der Waals surface area (Å²) in [6.45, 7) is 6.68. The Hall–Kier alpha value is -2.43. The third-order valence-corrected chi connectivity index (χ3v) is 5.39. The van der Waals surface area contributed by atoms with Crippen molar-refractivity contribution in [2.45, 2.75) is 39.3 Å². The maximum absolute atomic E-state index is 11.7. The maximum atomic E-state index is 11.7. The number of nitro groups is 1. The lowest BCUT2D eigenvalue weighted by Crippen LogP contribution is -2.52. The largest absolute Gasteiger partial charge is 0.480 e. The van der Waals surface area contributed by atoms with Gasteiger partial charge in [0.2, 0.25) is 0 Å². The highest BCUT2D eigenvalue weighted by Gasteiger charge is 2.37. The molecule has 1 unspecified atom stereocenters. The van der Waals surface area contributed by atoms with Crippen molar-refractivity contribution in [3.63, 3.8) is 0 Å². The van der Waals surface area contributed by atoms with E-state index in [-0.39, 0.29) is 18.9 Å². The monoisotopic (exact) mass is 455 g/mol. The van der Waals surface area contributed by atoms with Crippen molar-refractivity contribution in [3.8, 4) is 0 Å². The fourth-order valence-corrected chi connectivity index (χ4v) is 3.53. The molecule has 0 saturated carbocycles. The molecule has 1 fully saturated rings. The number of halogens is 1. The number of nitrogens with zero attached hydrogens (tertiary/aromatic N) is 5. The zero-order valence-electron chi connectivity index (χ0n) is 18.2. The molecule has 1 saturated heterocycles. The predicted octanol–water partition coefficient (Wildman–Crippen LogP) is 2.48. The van der Waals surface area contributed by atoms with Crippen LogP contribution in [0.3, 0.4) is 0 Å². The maximum Gasteiger partial charge on any atom is 0.320 e. The molecule has 3 heterocycles. The van der Waals surface area contributed by atoms with Crippen molar-refractivity contribution in [2.75, 3.05) is 40.0 Å². The van der Waals surface area contributed by atoms with Crippen LogP contribution in [0.5, 0.6) is 0 Å². The number of aliphatic carboxylic acids is 1. The predicted molar refractivity (Wildman–Crippen MR) is 116 cm³/mol. The van der Waals surface area contributed by atoms with Crippen LogP contribution in [0.25, 0.3) is 0 Å². The van der Waals surface area contributed by atoms with Gasteiger partial charge in [0.05, 0.1) is 18.1 Å². The average Bonchev–Trinajstić information content (AvgIpc) is 3.32. The summed E-state index contributed by atoms with van der Waals surface area (Å²) >= 11 is 5.80. The topological polar surface area (TPSA) is 112 Å². The van der Waals surface area contributed by atoms with Crippen LogP contribution in [-0.2, 0) is 16.1 Å². The van der Waals surface area contributed by atoms with Crippen molar-refractivity contribution in [3.05, 3.63) is 50.7 Å². The molecular formula is C20H30ClN5O5. The van der Waals surface area contributed by atoms with Gasteiger partial charge in [-0.15, -0.1) is 0 Å². The van der Waals surface area contributed by atoms with Crippen LogP contribution in [0.2, 0.25) is 5.15 Å². The van der Waals surface area contributed by atoms with E-state index in [9.17, 15) is 20.0 Å². The molecule has 0 radical (unpaired) electrons. The summed E-state index contributed by atoms with van der Waals surface area (Å²) in [5.41, 5.74) is 0.858. The van der Waals surface area contributed by atoms with E-state index in [1.807, 2.05) is 17.9 Å². The van der Waals surface area contributed by atoms with Gasteiger partial charge in [-0.2, -0.15) is 0 Å². The quantitative estimate of drug-likeness (QED) is 0.376. The van der Waals surface area contributed by atoms with Crippen molar-refractivity contribution in [1.82, 2.24) is 19.7 Å². The average molecular weight is 456 g/mol. The van der Waals surface area contributed by atoms with Gasteiger partial charge in [0.15, 0.2) is 5.82 Å². The molecule has 172 valence electrons. The van der Waals surface area contributed by atoms with E-state index >= 15 is 0 Å². The number of ether oxygens (including phenoxy) is 1. The van der Waals surface area contributed by atoms with Crippen molar-refractivity contribution < 1.29 is 19.6 Å². The fraction of sp³-hybridized carbons (Fsp3) is 0.600. The van der Waals surface area contributed by atoms with Gasteiger partial charge < -0.3 is 19.6 Å². The first-order chi connectivity index (χ1) is 14.7. The third kappa shape index (κ3) is 7.05. The number of aromatic nitrogens is 1. The Labute approximate surface area is 187 Å². The molecule has 0 amide bonds. The minimum Gasteiger partial charge on any atom is -0.480 e. The van der Waals surface area contributed by atoms with E-state index in [4.69, 9.17) is 16.3 Å². The molecule has 1 N–H and O–H groups in total. The van der Waals surface area contributed by atoms with Crippen LogP contribution < -0.4 is 0 Å². The van der Waals surface area contributed by atoms with E-state index in [0.29, 0.717) is 24.1 Å². The summed E-state index contributed by atoms with van der Waals surface area (Å²) in [6.07, 6.45) is 4.19. The second-order valence-electron chi connectivity index (χ2n) is 7.45. The second-order valence-corrected chi connectivity index (χ2v) is 7.84. The van der Waals surface area contributed by atoms with E-state index in [1.54, 1.807) is 29.1 Å². The summed E-state index contributed by atoms with van der Waals surface area (Å²) < 4.78 is 4.94. The van der Waals surface area contributed by atoms with Gasteiger partial charge in [0, 0.05) is 39.5 Å². The lowest BCUT2D eigenvalue weighted by molar-refractivity contribution is -0.434. The summed E-state index contributed by atoms with van der Waals surface area (Å²) in [5, 5.41) is 21.3. The summed E-state index contributed by atoms with van der Waals surface area (Å²) in [5.74, 6) is -0.523. The molecule has 1 aromatic heterocycles. The molecule has 10 nitrogen and oxygen atoms in total. The van der Waals surface area contributed by atoms with Crippen molar-refractivity contribution in [1.29, 1.82) is 0 Å². The van der Waals surface area contributed by atoms with Gasteiger partial charge in [-0.3, -0.25) is 19.8 Å². The van der Waals surface area contributed by atoms with Crippen molar-refractivity contribution >= 4 is 17.6 Å². The zero-order valence-corrected chi connectivity index (χ0v) is 18.9. The number of carboxylic acids is 1. The lowest BCUT2D eigenvalue weighted by Gasteiger charge is -2.40. The van der Waals surface area contributed by atoms with E-state index in [1.165, 1.54) is 19.8 Å². The number of hydrogen-bond donors (Lipinski definition) is 1. The van der Waals surface area contributed by atoms with E-state index < -0.39 is 16.9 Å². The smallest absolute Gasteiger partial charge is 0.320 e. The van der Waals surface area contributed by atoms with Crippen LogP contribution in [0.15, 0.2) is 29.8 Å². The molecule has 31 heavy (non-hydrogen) atoms. The number of rotatable bonds is 7. The minimum atomic E-state index is -1.01. The Balaban J connectivity index is 0.000000597. The SMILES string of the molecule is C1CCOC1.CCN(Cc1ccc(Cl)nc1)C1=C([N+](=O)[O-])CN(C(C)C(=O)O)CN1C. The molecule has 11 heteroatoms. The summed E-state index contributed by atoms with van der Waals surface area (Å²) in [4.78, 5) is 31.7. The number of carboxylic acid groups (broad SMARTS) is 1. The van der Waals surface area contributed by atoms with Crippen LogP contribution in [0.1, 0.15) is 32.3 Å². The first-order valence-electron chi connectivity index (χ1n) is 10.2. The highest BCUT2D eigenvalue weighted by atomic mass is 35.5. The molecule has 0 spiro atoms. The Kier molecular flexibility index (Phi) is 9.47. The normalized spacial score (nSPS) is 17.7. The Bertz CT molecular complexity index is 777. The third-order valence-electron chi connectivity index (χ3n) is 5.16. The first-order valence-corrected chi connectivity index (χ1v) is 10.6. The first kappa shape index (κ1) is 24.8. The van der Waals surface area contributed by atoms with Gasteiger partial charge in [0.25, 0.3) is 5.70 Å². The molecule has 0 aliphatic carbocycles. The second kappa shape index (κ2) is 11.8. The fourth-order valence-electron chi connectivity index (χ4n) is 3.42. The Morgan fingerprint density at radius 2 is 2.10 bits per heavy atom. The van der Waals surface area contributed by atoms with Gasteiger partial charge in [-0.25, -0.2) is 4.98 Å². The molecule has 3 rings (SSSR count). The van der Waals surface area contributed by atoms with E-state index in [0.717, 1.165) is 18.8 Å². The van der Waals surface area contributed by atoms with Gasteiger partial charge >= 0.3 is 5.97 Å². The molecule has 1 atom stereocenters. The van der Waals surface area contributed by atoms with Crippen molar-refractivity contribution in [2.24, 2.45) is 0 Å². The number of carbonyl (C=O) groups is 1. The van der Waals surface area contributed by atoms with Crippen LogP contribution in [0, 0.1) is 10.1 Å². The Morgan fingerprint density at radius 1 is 1.42 bits per heavy atom. The van der Waals surface area contributed by atoms with Crippen LogP contribution >= 0.6 is 11.6 Å². The standard InChI is InChI=1S/C16H22ClN5O4.C4H8O/c1-4-20(8-12-5-6-14(17)18-7-12)15-13(22(25)26)9-21(10-19(15)3)11(2)16(23)24;1-2-4-5-3-1/h5-7,11H,4,8-10H2,1-3H3,(H,23,24);1-4H2. The number of hydrogen-bond acceptors (Lipinski definition) is 8. The molecule has 2 aliphatic heterocycles.